The second-order valence-electron chi connectivity index (χ2n) is 7.91. The van der Waals surface area contributed by atoms with Gasteiger partial charge in [0.25, 0.3) is 0 Å². The number of carbonyl (C=O) groups is 1. The summed E-state index contributed by atoms with van der Waals surface area (Å²) in [5, 5.41) is 0. The number of aromatic nitrogens is 2. The van der Waals surface area contributed by atoms with E-state index >= 15 is 0 Å². The van der Waals surface area contributed by atoms with Crippen molar-refractivity contribution in [2.45, 2.75) is 24.8 Å². The molecule has 0 amide bonds. The summed E-state index contributed by atoms with van der Waals surface area (Å²) in [6.07, 6.45) is 4.32. The van der Waals surface area contributed by atoms with E-state index < -0.39 is 6.16 Å². The molecular formula is C25H23N3O3. The molecular weight excluding hydrogens is 390 g/mol. The Morgan fingerprint density at radius 2 is 1.77 bits per heavy atom. The molecule has 1 fully saturated rings. The fraction of sp³-hybridized carbons (Fsp3) is 0.200. The molecule has 156 valence electrons. The molecule has 4 aromatic rings. The number of imidazole rings is 1. The number of ether oxygens (including phenoxy) is 2. The van der Waals surface area contributed by atoms with Crippen molar-refractivity contribution in [1.29, 1.82) is 0 Å². The zero-order valence-corrected chi connectivity index (χ0v) is 17.2. The van der Waals surface area contributed by atoms with Gasteiger partial charge in [-0.3, -0.25) is 4.40 Å². The van der Waals surface area contributed by atoms with Crippen LogP contribution in [-0.2, 0) is 10.3 Å². The molecule has 0 unspecified atom stereocenters. The molecule has 0 spiro atoms. The standard InChI is InChI=1S/C25H23N3O3/c1-30-24(29)31-20-12-15-28-21(16-20)27-22(23(28)18-6-3-2-4-7-18)17-8-10-19(11-9-17)25(26)13-5-14-25/h2-4,6-12,15-16H,5,13-14,26H2,1H3. The van der Waals surface area contributed by atoms with Gasteiger partial charge in [-0.05, 0) is 30.9 Å². The van der Waals surface area contributed by atoms with Gasteiger partial charge < -0.3 is 15.2 Å². The quantitative estimate of drug-likeness (QED) is 0.468. The topological polar surface area (TPSA) is 78.8 Å². The van der Waals surface area contributed by atoms with Crippen LogP contribution in [0.5, 0.6) is 5.75 Å². The normalized spacial score (nSPS) is 14.8. The monoisotopic (exact) mass is 413 g/mol. The van der Waals surface area contributed by atoms with Gasteiger partial charge in [0.1, 0.15) is 11.4 Å². The number of nitrogens with zero attached hydrogens (tertiary/aromatic N) is 2. The third kappa shape index (κ3) is 3.45. The van der Waals surface area contributed by atoms with Crippen molar-refractivity contribution in [3.05, 3.63) is 78.5 Å². The molecule has 0 bridgehead atoms. The number of hydrogen-bond acceptors (Lipinski definition) is 5. The minimum Gasteiger partial charge on any atom is -0.437 e. The lowest BCUT2D eigenvalue weighted by Crippen LogP contribution is -2.43. The molecule has 1 aliphatic rings. The van der Waals surface area contributed by atoms with E-state index in [0.29, 0.717) is 11.4 Å². The maximum absolute atomic E-state index is 11.5. The Labute approximate surface area is 180 Å². The van der Waals surface area contributed by atoms with Crippen molar-refractivity contribution >= 4 is 11.8 Å². The predicted molar refractivity (Wildman–Crippen MR) is 119 cm³/mol. The number of rotatable bonds is 4. The molecule has 6 nitrogen and oxygen atoms in total. The maximum atomic E-state index is 11.5. The van der Waals surface area contributed by atoms with Crippen LogP contribution in [0, 0.1) is 0 Å². The largest absolute Gasteiger partial charge is 0.513 e. The van der Waals surface area contributed by atoms with Crippen molar-refractivity contribution in [3.8, 4) is 28.3 Å². The summed E-state index contributed by atoms with van der Waals surface area (Å²) in [6, 6.07) is 22.0. The van der Waals surface area contributed by atoms with Gasteiger partial charge in [0.2, 0.25) is 0 Å². The SMILES string of the molecule is COC(=O)Oc1ccn2c(-c3ccccc3)c(-c3ccc(C4(N)CCC4)cc3)nc2c1. The second-order valence-corrected chi connectivity index (χ2v) is 7.91. The zero-order valence-electron chi connectivity index (χ0n) is 17.2. The lowest BCUT2D eigenvalue weighted by molar-refractivity contribution is 0.121. The van der Waals surface area contributed by atoms with Crippen molar-refractivity contribution in [2.75, 3.05) is 7.11 Å². The smallest absolute Gasteiger partial charge is 0.437 e. The Morgan fingerprint density at radius 3 is 2.42 bits per heavy atom. The van der Waals surface area contributed by atoms with Crippen molar-refractivity contribution in [2.24, 2.45) is 5.73 Å². The lowest BCUT2D eigenvalue weighted by Gasteiger charge is -2.38. The highest BCUT2D eigenvalue weighted by atomic mass is 16.7. The van der Waals surface area contributed by atoms with Crippen molar-refractivity contribution in [3.63, 3.8) is 0 Å². The molecule has 2 heterocycles. The Bertz CT molecular complexity index is 1240. The van der Waals surface area contributed by atoms with Crippen LogP contribution in [0.3, 0.4) is 0 Å². The first-order valence-corrected chi connectivity index (χ1v) is 10.3. The Hall–Kier alpha value is -3.64. The van der Waals surface area contributed by atoms with Crippen molar-refractivity contribution in [1.82, 2.24) is 9.38 Å². The highest BCUT2D eigenvalue weighted by Crippen LogP contribution is 2.40. The molecule has 0 aliphatic heterocycles. The van der Waals surface area contributed by atoms with Gasteiger partial charge in [0.05, 0.1) is 18.5 Å². The van der Waals surface area contributed by atoms with Crippen LogP contribution in [-0.4, -0.2) is 22.6 Å². The fourth-order valence-corrected chi connectivity index (χ4v) is 4.11. The third-order valence-corrected chi connectivity index (χ3v) is 5.99. The summed E-state index contributed by atoms with van der Waals surface area (Å²) in [5.41, 5.74) is 12.0. The molecule has 5 rings (SSSR count). The van der Waals surface area contributed by atoms with E-state index in [9.17, 15) is 4.79 Å². The lowest BCUT2D eigenvalue weighted by atomic mass is 9.72. The number of pyridine rings is 1. The summed E-state index contributed by atoms with van der Waals surface area (Å²) in [5.74, 6) is 0.376. The molecule has 1 saturated carbocycles. The third-order valence-electron chi connectivity index (χ3n) is 5.99. The van der Waals surface area contributed by atoms with Crippen molar-refractivity contribution < 1.29 is 14.3 Å². The van der Waals surface area contributed by atoms with E-state index in [0.717, 1.165) is 35.4 Å². The first-order valence-electron chi connectivity index (χ1n) is 10.3. The van der Waals surface area contributed by atoms with Crippen LogP contribution < -0.4 is 10.5 Å². The number of methoxy groups -OCH3 is 1. The molecule has 31 heavy (non-hydrogen) atoms. The second kappa shape index (κ2) is 7.56. The Balaban J connectivity index is 1.63. The van der Waals surface area contributed by atoms with Gasteiger partial charge in [0.15, 0.2) is 0 Å². The van der Waals surface area contributed by atoms with Crippen LogP contribution in [0.25, 0.3) is 28.2 Å². The predicted octanol–water partition coefficient (Wildman–Crippen LogP) is 5.15. The molecule has 2 aromatic carbocycles. The molecule has 0 atom stereocenters. The molecule has 2 aromatic heterocycles. The first kappa shape index (κ1) is 19.3. The van der Waals surface area contributed by atoms with E-state index in [4.69, 9.17) is 15.5 Å². The number of fused-ring (bicyclic) bond motifs is 1. The van der Waals surface area contributed by atoms with Crippen LogP contribution in [0.1, 0.15) is 24.8 Å². The van der Waals surface area contributed by atoms with Crippen LogP contribution >= 0.6 is 0 Å². The highest BCUT2D eigenvalue weighted by Gasteiger charge is 2.34. The Morgan fingerprint density at radius 1 is 1.03 bits per heavy atom. The van der Waals surface area contributed by atoms with Gasteiger partial charge in [-0.15, -0.1) is 0 Å². The average molecular weight is 413 g/mol. The van der Waals surface area contributed by atoms with E-state index in [-0.39, 0.29) is 5.54 Å². The average Bonchev–Trinajstić information content (AvgIpc) is 3.17. The molecule has 1 aliphatic carbocycles. The molecule has 0 radical (unpaired) electrons. The van der Waals surface area contributed by atoms with Crippen LogP contribution in [0.15, 0.2) is 72.9 Å². The molecule has 6 heteroatoms. The minimum absolute atomic E-state index is 0.195. The number of nitrogens with two attached hydrogens (primary N) is 1. The van der Waals surface area contributed by atoms with E-state index in [1.165, 1.54) is 19.1 Å². The van der Waals surface area contributed by atoms with E-state index in [2.05, 4.69) is 41.1 Å². The van der Waals surface area contributed by atoms with Gasteiger partial charge in [0, 0.05) is 28.9 Å². The van der Waals surface area contributed by atoms with Crippen LogP contribution in [0.4, 0.5) is 4.79 Å². The van der Waals surface area contributed by atoms with Gasteiger partial charge >= 0.3 is 6.16 Å². The van der Waals surface area contributed by atoms with E-state index in [1.54, 1.807) is 12.1 Å². The number of hydrogen-bond donors (Lipinski definition) is 1. The van der Waals surface area contributed by atoms with Gasteiger partial charge in [-0.1, -0.05) is 54.6 Å². The number of benzene rings is 2. The minimum atomic E-state index is -0.762. The summed E-state index contributed by atoms with van der Waals surface area (Å²) in [4.78, 5) is 16.4. The van der Waals surface area contributed by atoms with Crippen LogP contribution in [0.2, 0.25) is 0 Å². The van der Waals surface area contributed by atoms with E-state index in [1.807, 2.05) is 28.8 Å². The summed E-state index contributed by atoms with van der Waals surface area (Å²) < 4.78 is 11.8. The Kier molecular flexibility index (Phi) is 4.71. The van der Waals surface area contributed by atoms with Gasteiger partial charge in [-0.2, -0.15) is 0 Å². The first-order chi connectivity index (χ1) is 15.1. The summed E-state index contributed by atoms with van der Waals surface area (Å²) >= 11 is 0. The highest BCUT2D eigenvalue weighted by molar-refractivity contribution is 5.82. The zero-order chi connectivity index (χ0) is 21.4. The number of carbonyl (C=O) groups excluding carboxylic acids is 1. The molecule has 0 saturated heterocycles. The maximum Gasteiger partial charge on any atom is 0.513 e. The fourth-order valence-electron chi connectivity index (χ4n) is 4.11. The summed E-state index contributed by atoms with van der Waals surface area (Å²) in [7, 11) is 1.28. The van der Waals surface area contributed by atoms with Gasteiger partial charge in [-0.25, -0.2) is 9.78 Å². The summed E-state index contributed by atoms with van der Waals surface area (Å²) in [6.45, 7) is 0. The molecule has 2 N–H and O–H groups in total.